The third-order valence-corrected chi connectivity index (χ3v) is 4.27. The molecule has 2 rings (SSSR count). The van der Waals surface area contributed by atoms with Crippen LogP contribution in [0.15, 0.2) is 0 Å². The Balaban J connectivity index is 1.88. The molecule has 1 spiro atoms. The second kappa shape index (κ2) is 5.26. The molecule has 0 radical (unpaired) electrons. The lowest BCUT2D eigenvalue weighted by atomic mass is 9.93. The average molecular weight is 255 g/mol. The summed E-state index contributed by atoms with van der Waals surface area (Å²) in [6.07, 6.45) is 2.93. The molecular weight excluding hydrogens is 234 g/mol. The molecule has 1 aliphatic heterocycles. The highest BCUT2D eigenvalue weighted by Crippen LogP contribution is 2.59. The number of amides is 1. The number of hydrogen-bond acceptors (Lipinski definition) is 3. The van der Waals surface area contributed by atoms with Crippen LogP contribution < -0.4 is 0 Å². The molecule has 0 bridgehead atoms. The Labute approximate surface area is 107 Å². The smallest absolute Gasteiger partial charge is 0.305 e. The Bertz CT molecular complexity index is 336. The van der Waals surface area contributed by atoms with Crippen molar-refractivity contribution in [2.45, 2.75) is 32.6 Å². The zero-order valence-electron chi connectivity index (χ0n) is 10.9. The first-order valence-corrected chi connectivity index (χ1v) is 6.67. The van der Waals surface area contributed by atoms with E-state index in [1.165, 1.54) is 0 Å². The molecule has 18 heavy (non-hydrogen) atoms. The molecule has 5 nitrogen and oxygen atoms in total. The van der Waals surface area contributed by atoms with E-state index in [2.05, 4.69) is 0 Å². The fourth-order valence-electron chi connectivity index (χ4n) is 2.90. The fraction of sp³-hybridized carbons (Fsp3) is 0.846. The number of hydrogen-bond donors (Lipinski definition) is 1. The summed E-state index contributed by atoms with van der Waals surface area (Å²) in [5.74, 6) is -0.603. The van der Waals surface area contributed by atoms with Gasteiger partial charge in [-0.2, -0.15) is 0 Å². The van der Waals surface area contributed by atoms with Crippen molar-refractivity contribution in [2.75, 3.05) is 26.3 Å². The summed E-state index contributed by atoms with van der Waals surface area (Å²) >= 11 is 0. The van der Waals surface area contributed by atoms with Crippen LogP contribution >= 0.6 is 0 Å². The molecule has 0 unspecified atom stereocenters. The normalized spacial score (nSPS) is 24.8. The summed E-state index contributed by atoms with van der Waals surface area (Å²) in [4.78, 5) is 24.6. The summed E-state index contributed by atoms with van der Waals surface area (Å²) in [5.41, 5.74) is 0.173. The summed E-state index contributed by atoms with van der Waals surface area (Å²) in [5, 5.41) is 8.68. The van der Waals surface area contributed by atoms with Gasteiger partial charge in [0.15, 0.2) is 0 Å². The Hall–Kier alpha value is -1.10. The first kappa shape index (κ1) is 13.3. The molecule has 1 amide bonds. The largest absolute Gasteiger partial charge is 0.481 e. The van der Waals surface area contributed by atoms with Gasteiger partial charge >= 0.3 is 5.97 Å². The van der Waals surface area contributed by atoms with Crippen molar-refractivity contribution in [1.82, 2.24) is 4.90 Å². The van der Waals surface area contributed by atoms with Gasteiger partial charge in [-0.1, -0.05) is 0 Å². The van der Waals surface area contributed by atoms with E-state index in [9.17, 15) is 9.59 Å². The van der Waals surface area contributed by atoms with Crippen LogP contribution in [0.25, 0.3) is 0 Å². The number of ether oxygens (including phenoxy) is 1. The molecule has 2 aliphatic rings. The van der Waals surface area contributed by atoms with Gasteiger partial charge in [0.25, 0.3) is 0 Å². The third kappa shape index (κ3) is 2.66. The van der Waals surface area contributed by atoms with E-state index in [1.54, 1.807) is 4.90 Å². The van der Waals surface area contributed by atoms with Crippen LogP contribution in [-0.4, -0.2) is 48.2 Å². The lowest BCUT2D eigenvalue weighted by Gasteiger charge is -2.25. The van der Waals surface area contributed by atoms with Crippen LogP contribution in [0.3, 0.4) is 0 Å². The van der Waals surface area contributed by atoms with Crippen molar-refractivity contribution >= 4 is 11.9 Å². The standard InChI is InChI=1S/C13H21NO4/c1-2-14(6-3-11(15)16)12(17)10-9-13(10)4-7-18-8-5-13/h10H,2-9H2,1H3,(H,15,16)/t10-/m0/s1. The average Bonchev–Trinajstić information content (AvgIpc) is 3.04. The van der Waals surface area contributed by atoms with Gasteiger partial charge in [-0.25, -0.2) is 0 Å². The highest BCUT2D eigenvalue weighted by Gasteiger charge is 2.58. The lowest BCUT2D eigenvalue weighted by molar-refractivity contribution is -0.139. The van der Waals surface area contributed by atoms with Crippen molar-refractivity contribution in [3.05, 3.63) is 0 Å². The molecule has 2 fully saturated rings. The molecule has 0 aromatic carbocycles. The van der Waals surface area contributed by atoms with Crippen LogP contribution in [0, 0.1) is 11.3 Å². The summed E-state index contributed by atoms with van der Waals surface area (Å²) in [7, 11) is 0. The molecule has 102 valence electrons. The SMILES string of the molecule is CCN(CCC(=O)O)C(=O)[C@@H]1CC12CCOCC2. The van der Waals surface area contributed by atoms with Crippen LogP contribution in [0.1, 0.15) is 32.6 Å². The molecule has 5 heteroatoms. The van der Waals surface area contributed by atoms with E-state index < -0.39 is 5.97 Å². The Morgan fingerprint density at radius 1 is 1.39 bits per heavy atom. The molecule has 1 saturated heterocycles. The number of nitrogens with zero attached hydrogens (tertiary/aromatic N) is 1. The Morgan fingerprint density at radius 2 is 2.06 bits per heavy atom. The van der Waals surface area contributed by atoms with Gasteiger partial charge in [-0.15, -0.1) is 0 Å². The molecular formula is C13H21NO4. The molecule has 1 atom stereocenters. The number of aliphatic carboxylic acids is 1. The fourth-order valence-corrected chi connectivity index (χ4v) is 2.90. The maximum absolute atomic E-state index is 12.3. The van der Waals surface area contributed by atoms with Gasteiger partial charge in [-0.3, -0.25) is 9.59 Å². The van der Waals surface area contributed by atoms with Gasteiger partial charge in [0.1, 0.15) is 0 Å². The predicted molar refractivity (Wildman–Crippen MR) is 65.1 cm³/mol. The summed E-state index contributed by atoms with van der Waals surface area (Å²) in [6, 6.07) is 0. The van der Waals surface area contributed by atoms with Gasteiger partial charge in [0.05, 0.1) is 6.42 Å². The topological polar surface area (TPSA) is 66.8 Å². The number of carboxylic acids is 1. The van der Waals surface area contributed by atoms with Crippen molar-refractivity contribution in [2.24, 2.45) is 11.3 Å². The van der Waals surface area contributed by atoms with E-state index >= 15 is 0 Å². The number of carboxylic acid groups (broad SMARTS) is 1. The first-order valence-electron chi connectivity index (χ1n) is 6.67. The van der Waals surface area contributed by atoms with E-state index in [0.29, 0.717) is 13.1 Å². The monoisotopic (exact) mass is 255 g/mol. The zero-order chi connectivity index (χ0) is 13.2. The number of rotatable bonds is 5. The maximum Gasteiger partial charge on any atom is 0.305 e. The third-order valence-electron chi connectivity index (χ3n) is 4.27. The van der Waals surface area contributed by atoms with Crippen molar-refractivity contribution in [3.8, 4) is 0 Å². The highest BCUT2D eigenvalue weighted by molar-refractivity contribution is 5.83. The molecule has 1 aliphatic carbocycles. The Kier molecular flexibility index (Phi) is 3.90. The number of carbonyl (C=O) groups excluding carboxylic acids is 1. The molecule has 1 saturated carbocycles. The Morgan fingerprint density at radius 3 is 2.61 bits per heavy atom. The highest BCUT2D eigenvalue weighted by atomic mass is 16.5. The van der Waals surface area contributed by atoms with E-state index in [0.717, 1.165) is 32.5 Å². The van der Waals surface area contributed by atoms with Gasteiger partial charge in [0, 0.05) is 32.2 Å². The zero-order valence-corrected chi connectivity index (χ0v) is 10.9. The molecule has 0 aromatic rings. The van der Waals surface area contributed by atoms with Crippen molar-refractivity contribution < 1.29 is 19.4 Å². The molecule has 1 heterocycles. The van der Waals surface area contributed by atoms with Crippen molar-refractivity contribution in [3.63, 3.8) is 0 Å². The first-order chi connectivity index (χ1) is 8.59. The van der Waals surface area contributed by atoms with E-state index in [1.807, 2.05) is 6.92 Å². The van der Waals surface area contributed by atoms with Gasteiger partial charge < -0.3 is 14.7 Å². The maximum atomic E-state index is 12.3. The van der Waals surface area contributed by atoms with Crippen molar-refractivity contribution in [1.29, 1.82) is 0 Å². The minimum atomic E-state index is -0.849. The van der Waals surface area contributed by atoms with Crippen LogP contribution in [0.4, 0.5) is 0 Å². The summed E-state index contributed by atoms with van der Waals surface area (Å²) in [6.45, 7) is 4.33. The predicted octanol–water partition coefficient (Wildman–Crippen LogP) is 1.13. The second-order valence-corrected chi connectivity index (χ2v) is 5.29. The molecule has 1 N–H and O–H groups in total. The summed E-state index contributed by atoms with van der Waals surface area (Å²) < 4.78 is 5.34. The van der Waals surface area contributed by atoms with E-state index in [4.69, 9.17) is 9.84 Å². The lowest BCUT2D eigenvalue weighted by Crippen LogP contribution is -2.36. The minimum Gasteiger partial charge on any atom is -0.481 e. The minimum absolute atomic E-state index is 0.0302. The van der Waals surface area contributed by atoms with Gasteiger partial charge in [0.2, 0.25) is 5.91 Å². The quantitative estimate of drug-likeness (QED) is 0.799. The van der Waals surface area contributed by atoms with Gasteiger partial charge in [-0.05, 0) is 31.6 Å². The number of carbonyl (C=O) groups is 2. The van der Waals surface area contributed by atoms with Crippen LogP contribution in [0.2, 0.25) is 0 Å². The van der Waals surface area contributed by atoms with E-state index in [-0.39, 0.29) is 23.7 Å². The van der Waals surface area contributed by atoms with Crippen LogP contribution in [-0.2, 0) is 14.3 Å². The van der Waals surface area contributed by atoms with Crippen LogP contribution in [0.5, 0.6) is 0 Å². The second-order valence-electron chi connectivity index (χ2n) is 5.29. The molecule has 0 aromatic heterocycles.